The Morgan fingerprint density at radius 1 is 1.28 bits per heavy atom. The summed E-state index contributed by atoms with van der Waals surface area (Å²) in [5.41, 5.74) is 2.04. The molecule has 0 radical (unpaired) electrons. The fourth-order valence-corrected chi connectivity index (χ4v) is 4.67. The van der Waals surface area contributed by atoms with E-state index in [0.717, 1.165) is 43.3 Å². The predicted molar refractivity (Wildman–Crippen MR) is 122 cm³/mol. The number of unbranched alkanes of at least 4 members (excludes halogenated alkanes) is 3. The number of carbonyl (C=O) groups is 2. The van der Waals surface area contributed by atoms with E-state index in [9.17, 15) is 24.8 Å². The van der Waals surface area contributed by atoms with E-state index in [1.165, 1.54) is 6.08 Å². The topological polar surface area (TPSA) is 107 Å². The lowest BCUT2D eigenvalue weighted by atomic mass is 9.69. The van der Waals surface area contributed by atoms with Crippen LogP contribution in [-0.2, 0) is 14.4 Å². The van der Waals surface area contributed by atoms with Crippen molar-refractivity contribution in [2.45, 2.75) is 72.6 Å². The van der Waals surface area contributed by atoms with Gasteiger partial charge in [-0.2, -0.15) is 0 Å². The standard InChI is InChI=1S/C25H35NO6/c1-16(2)18-11-10-17(3)14-19(18)22-21(27)15-20(23(28)24(22)29)25(4,5)12-8-6-7-9-13-32-26(30)31/h14-15,18-19,29H,1,6-13H2,2-5H3/t18-,19+/m0/s1. The van der Waals surface area contributed by atoms with Crippen molar-refractivity contribution in [3.63, 3.8) is 0 Å². The van der Waals surface area contributed by atoms with Gasteiger partial charge in [-0.25, -0.2) is 0 Å². The van der Waals surface area contributed by atoms with E-state index in [0.29, 0.717) is 18.4 Å². The van der Waals surface area contributed by atoms with Gasteiger partial charge in [0.2, 0.25) is 5.78 Å². The van der Waals surface area contributed by atoms with Gasteiger partial charge in [-0.1, -0.05) is 56.9 Å². The summed E-state index contributed by atoms with van der Waals surface area (Å²) in [6.07, 6.45) is 8.82. The Hall–Kier alpha value is -2.70. The molecule has 0 aliphatic heterocycles. The molecule has 2 atom stereocenters. The number of allylic oxidation sites excluding steroid dienone is 6. The summed E-state index contributed by atoms with van der Waals surface area (Å²) >= 11 is 0. The van der Waals surface area contributed by atoms with Gasteiger partial charge >= 0.3 is 0 Å². The number of nitrogens with zero attached hydrogens (tertiary/aromatic N) is 1. The Morgan fingerprint density at radius 3 is 2.56 bits per heavy atom. The predicted octanol–water partition coefficient (Wildman–Crippen LogP) is 5.61. The molecule has 32 heavy (non-hydrogen) atoms. The Kier molecular flexibility index (Phi) is 8.58. The SMILES string of the molecule is C=C(C)[C@@H]1CCC(C)=C[C@H]1C1=C(O)C(=O)C(C(C)(C)CCCCCCO[N+](=O)[O-])=CC1=O. The van der Waals surface area contributed by atoms with E-state index in [1.54, 1.807) is 0 Å². The maximum atomic E-state index is 13.1. The van der Waals surface area contributed by atoms with Gasteiger partial charge in [0.25, 0.3) is 5.09 Å². The molecule has 2 aliphatic rings. The van der Waals surface area contributed by atoms with E-state index in [-0.39, 0.29) is 29.8 Å². The molecule has 7 heteroatoms. The van der Waals surface area contributed by atoms with Gasteiger partial charge in [0.05, 0.1) is 12.2 Å². The summed E-state index contributed by atoms with van der Waals surface area (Å²) in [6, 6.07) is 0. The van der Waals surface area contributed by atoms with Crippen LogP contribution in [0.15, 0.2) is 46.8 Å². The highest BCUT2D eigenvalue weighted by atomic mass is 16.9. The molecule has 0 spiro atoms. The first kappa shape index (κ1) is 25.6. The second-order valence-corrected chi connectivity index (χ2v) is 9.65. The van der Waals surface area contributed by atoms with Crippen LogP contribution in [0, 0.1) is 27.4 Å². The minimum atomic E-state index is -0.793. The minimum absolute atomic E-state index is 0.0230. The molecule has 0 aromatic rings. The molecule has 0 amide bonds. The van der Waals surface area contributed by atoms with Crippen molar-refractivity contribution in [3.8, 4) is 0 Å². The van der Waals surface area contributed by atoms with Crippen LogP contribution >= 0.6 is 0 Å². The normalized spacial score (nSPS) is 21.9. The number of aliphatic hydroxyl groups is 1. The largest absolute Gasteiger partial charge is 0.504 e. The van der Waals surface area contributed by atoms with E-state index in [4.69, 9.17) is 0 Å². The van der Waals surface area contributed by atoms with Crippen LogP contribution < -0.4 is 0 Å². The second-order valence-electron chi connectivity index (χ2n) is 9.65. The minimum Gasteiger partial charge on any atom is -0.504 e. The second kappa shape index (κ2) is 10.7. The fraction of sp³-hybridized carbons (Fsp3) is 0.600. The van der Waals surface area contributed by atoms with Gasteiger partial charge in [0.15, 0.2) is 11.5 Å². The van der Waals surface area contributed by atoms with Crippen molar-refractivity contribution < 1.29 is 24.6 Å². The lowest BCUT2D eigenvalue weighted by molar-refractivity contribution is -0.757. The summed E-state index contributed by atoms with van der Waals surface area (Å²) in [5, 5.41) is 20.2. The number of ketones is 2. The number of carbonyl (C=O) groups excluding carboxylic acids is 2. The zero-order chi connectivity index (χ0) is 24.1. The smallest absolute Gasteiger partial charge is 0.294 e. The third kappa shape index (κ3) is 6.17. The van der Waals surface area contributed by atoms with Gasteiger partial charge < -0.3 is 9.94 Å². The molecule has 1 N–H and O–H groups in total. The van der Waals surface area contributed by atoms with Crippen molar-refractivity contribution in [1.82, 2.24) is 0 Å². The lowest BCUT2D eigenvalue weighted by Crippen LogP contribution is -2.33. The number of rotatable bonds is 11. The maximum absolute atomic E-state index is 13.1. The number of Topliss-reactive ketones (excluding diaryl/α,β-unsaturated/α-hetero) is 1. The fourth-order valence-electron chi connectivity index (χ4n) is 4.67. The Bertz CT molecular complexity index is 877. The maximum Gasteiger partial charge on any atom is 0.294 e. The lowest BCUT2D eigenvalue weighted by Gasteiger charge is -2.34. The molecule has 0 aromatic heterocycles. The average molecular weight is 446 g/mol. The zero-order valence-corrected chi connectivity index (χ0v) is 19.6. The number of hydrogen-bond donors (Lipinski definition) is 1. The molecule has 2 rings (SSSR count). The molecule has 2 aliphatic carbocycles. The Morgan fingerprint density at radius 2 is 1.94 bits per heavy atom. The van der Waals surface area contributed by atoms with Crippen molar-refractivity contribution in [2.75, 3.05) is 6.61 Å². The summed E-state index contributed by atoms with van der Waals surface area (Å²) in [5.74, 6) is -1.51. The van der Waals surface area contributed by atoms with Crippen LogP contribution in [0.25, 0.3) is 0 Å². The highest BCUT2D eigenvalue weighted by Crippen LogP contribution is 2.43. The molecule has 7 nitrogen and oxygen atoms in total. The van der Waals surface area contributed by atoms with E-state index < -0.39 is 22.0 Å². The van der Waals surface area contributed by atoms with E-state index in [1.807, 2.05) is 33.8 Å². The highest BCUT2D eigenvalue weighted by Gasteiger charge is 2.40. The van der Waals surface area contributed by atoms with Gasteiger partial charge in [-0.05, 0) is 56.9 Å². The van der Waals surface area contributed by atoms with Gasteiger partial charge in [-0.3, -0.25) is 9.59 Å². The first-order valence-electron chi connectivity index (χ1n) is 11.3. The third-order valence-corrected chi connectivity index (χ3v) is 6.59. The van der Waals surface area contributed by atoms with Crippen molar-refractivity contribution in [1.29, 1.82) is 0 Å². The molecule has 0 saturated carbocycles. The quantitative estimate of drug-likeness (QED) is 0.146. The molecule has 176 valence electrons. The van der Waals surface area contributed by atoms with Crippen LogP contribution in [-0.4, -0.2) is 28.4 Å². The van der Waals surface area contributed by atoms with Crippen molar-refractivity contribution >= 4 is 11.6 Å². The highest BCUT2D eigenvalue weighted by molar-refractivity contribution is 6.22. The summed E-state index contributed by atoms with van der Waals surface area (Å²) < 4.78 is 0. The van der Waals surface area contributed by atoms with Crippen molar-refractivity contribution in [2.24, 2.45) is 17.3 Å². The molecule has 0 heterocycles. The average Bonchev–Trinajstić information content (AvgIpc) is 2.69. The summed E-state index contributed by atoms with van der Waals surface area (Å²) in [4.78, 5) is 40.7. The summed E-state index contributed by atoms with van der Waals surface area (Å²) in [7, 11) is 0. The van der Waals surface area contributed by atoms with Crippen LogP contribution in [0.2, 0.25) is 0 Å². The van der Waals surface area contributed by atoms with E-state index in [2.05, 4.69) is 11.4 Å². The number of hydrogen-bond acceptors (Lipinski definition) is 6. The molecule has 0 fully saturated rings. The van der Waals surface area contributed by atoms with E-state index >= 15 is 0 Å². The summed E-state index contributed by atoms with van der Waals surface area (Å²) in [6.45, 7) is 11.9. The van der Waals surface area contributed by atoms with Crippen LogP contribution in [0.5, 0.6) is 0 Å². The van der Waals surface area contributed by atoms with Crippen LogP contribution in [0.4, 0.5) is 0 Å². The van der Waals surface area contributed by atoms with Crippen LogP contribution in [0.1, 0.15) is 72.6 Å². The van der Waals surface area contributed by atoms with Gasteiger partial charge in [0, 0.05) is 11.5 Å². The number of aliphatic hydroxyl groups excluding tert-OH is 1. The first-order valence-corrected chi connectivity index (χ1v) is 11.3. The monoisotopic (exact) mass is 445 g/mol. The Balaban J connectivity index is 2.09. The molecular weight excluding hydrogens is 410 g/mol. The van der Waals surface area contributed by atoms with Gasteiger partial charge in [0.1, 0.15) is 0 Å². The molecule has 0 unspecified atom stereocenters. The Labute approximate surface area is 190 Å². The molecular formula is C25H35NO6. The molecule has 0 aromatic carbocycles. The molecule has 0 bridgehead atoms. The van der Waals surface area contributed by atoms with Crippen LogP contribution in [0.3, 0.4) is 0 Å². The molecule has 0 saturated heterocycles. The zero-order valence-electron chi connectivity index (χ0n) is 19.6. The van der Waals surface area contributed by atoms with Crippen molar-refractivity contribution in [3.05, 3.63) is 56.9 Å². The van der Waals surface area contributed by atoms with Gasteiger partial charge in [-0.15, -0.1) is 10.1 Å². The third-order valence-electron chi connectivity index (χ3n) is 6.59. The first-order chi connectivity index (χ1) is 15.0.